The number of aliphatic hydroxyl groups is 1. The third kappa shape index (κ3) is 3.48. The van der Waals surface area contributed by atoms with Crippen LogP contribution in [0.1, 0.15) is 27.7 Å². The highest BCUT2D eigenvalue weighted by atomic mass is 19.4. The lowest BCUT2D eigenvalue weighted by Crippen LogP contribution is -2.66. The summed E-state index contributed by atoms with van der Waals surface area (Å²) < 4.78 is 101. The van der Waals surface area contributed by atoms with E-state index in [2.05, 4.69) is 6.58 Å². The van der Waals surface area contributed by atoms with E-state index >= 15 is 0 Å². The number of carbonyl (C=O) groups excluding carboxylic acids is 2. The number of halogens is 6. The van der Waals surface area contributed by atoms with E-state index in [9.17, 15) is 41.0 Å². The van der Waals surface area contributed by atoms with Crippen LogP contribution in [0.25, 0.3) is 0 Å². The normalized spacial score (nSPS) is 33.3. The fourth-order valence-electron chi connectivity index (χ4n) is 4.75. The van der Waals surface area contributed by atoms with Gasteiger partial charge in [0.15, 0.2) is 12.2 Å². The molecule has 3 aliphatic rings. The molecule has 0 aliphatic carbocycles. The average molecular weight is 476 g/mol. The number of alkyl halides is 6. The van der Waals surface area contributed by atoms with Gasteiger partial charge in [0.1, 0.15) is 18.3 Å². The summed E-state index contributed by atoms with van der Waals surface area (Å²) >= 11 is 0. The van der Waals surface area contributed by atoms with E-state index in [0.29, 0.717) is 6.92 Å². The Morgan fingerprint density at radius 2 is 1.62 bits per heavy atom. The molecule has 0 aromatic carbocycles. The standard InChI is InChI=1S/C19H22F6O7/c1-6(2)14(26)30-13-11-9(8-10(29-11)12(13)31-15(8)27)16(4,5)32-7(3)17(28,18(20,21)22)19(23,24)25/h7-13,28H,1H2,2-5H3. The number of carbonyl (C=O) groups is 2. The maximum absolute atomic E-state index is 13.2. The van der Waals surface area contributed by atoms with E-state index in [-0.39, 0.29) is 5.57 Å². The van der Waals surface area contributed by atoms with Crippen LogP contribution in [-0.2, 0) is 28.5 Å². The molecule has 7 unspecified atom stereocenters. The van der Waals surface area contributed by atoms with Crippen molar-refractivity contribution in [2.45, 2.75) is 81.8 Å². The average Bonchev–Trinajstić information content (AvgIpc) is 3.21. The Balaban J connectivity index is 1.91. The van der Waals surface area contributed by atoms with Gasteiger partial charge in [0.25, 0.3) is 5.60 Å². The Kier molecular flexibility index (Phi) is 5.67. The van der Waals surface area contributed by atoms with Gasteiger partial charge >= 0.3 is 24.3 Å². The van der Waals surface area contributed by atoms with Crippen molar-refractivity contribution in [2.75, 3.05) is 0 Å². The Bertz CT molecular complexity index is 806. The lowest BCUT2D eigenvalue weighted by molar-refractivity contribution is -0.400. The van der Waals surface area contributed by atoms with E-state index in [1.165, 1.54) is 20.8 Å². The second-order valence-corrected chi connectivity index (χ2v) is 8.79. The van der Waals surface area contributed by atoms with Gasteiger partial charge in [0.05, 0.1) is 11.5 Å². The maximum Gasteiger partial charge on any atom is 0.428 e. The molecule has 3 fully saturated rings. The molecule has 0 aromatic rings. The number of fused-ring (bicyclic) bond motifs is 1. The van der Waals surface area contributed by atoms with Gasteiger partial charge in [-0.05, 0) is 27.7 Å². The van der Waals surface area contributed by atoms with Gasteiger partial charge in [-0.15, -0.1) is 0 Å². The summed E-state index contributed by atoms with van der Waals surface area (Å²) in [5, 5.41) is 9.63. The van der Waals surface area contributed by atoms with Gasteiger partial charge in [-0.3, -0.25) is 4.79 Å². The Morgan fingerprint density at radius 1 is 1.09 bits per heavy atom. The van der Waals surface area contributed by atoms with Gasteiger partial charge in [0.2, 0.25) is 0 Å². The summed E-state index contributed by atoms with van der Waals surface area (Å²) in [5.74, 6) is -3.82. The zero-order valence-corrected chi connectivity index (χ0v) is 17.4. The molecule has 3 saturated heterocycles. The van der Waals surface area contributed by atoms with Gasteiger partial charge in [-0.25, -0.2) is 4.79 Å². The Hall–Kier alpha value is -1.86. The molecule has 0 aromatic heterocycles. The van der Waals surface area contributed by atoms with E-state index < -0.39 is 77.8 Å². The molecular weight excluding hydrogens is 454 g/mol. The van der Waals surface area contributed by atoms with Crippen LogP contribution >= 0.6 is 0 Å². The topological polar surface area (TPSA) is 91.3 Å². The second kappa shape index (κ2) is 7.32. The predicted octanol–water partition coefficient (Wildman–Crippen LogP) is 2.45. The minimum atomic E-state index is -6.09. The third-order valence-corrected chi connectivity index (χ3v) is 6.23. The van der Waals surface area contributed by atoms with Crippen LogP contribution in [0.15, 0.2) is 12.2 Å². The Morgan fingerprint density at radius 3 is 2.09 bits per heavy atom. The molecule has 182 valence electrons. The SMILES string of the molecule is C=C(C)C(=O)OC1C2OC(=O)C3C2OC1C3C(C)(C)OC(C)C(O)(C(F)(F)F)C(F)(F)F. The first-order chi connectivity index (χ1) is 14.3. The van der Waals surface area contributed by atoms with Crippen LogP contribution in [0.3, 0.4) is 0 Å². The summed E-state index contributed by atoms with van der Waals surface area (Å²) in [4.78, 5) is 24.4. The molecule has 3 heterocycles. The summed E-state index contributed by atoms with van der Waals surface area (Å²) in [7, 11) is 0. The molecule has 7 nitrogen and oxygen atoms in total. The van der Waals surface area contributed by atoms with Crippen molar-refractivity contribution < 1.29 is 60.0 Å². The summed E-state index contributed by atoms with van der Waals surface area (Å²) in [5.41, 5.74) is -7.01. The minimum absolute atomic E-state index is 0.0229. The first-order valence-electron chi connectivity index (χ1n) is 9.60. The summed E-state index contributed by atoms with van der Waals surface area (Å²) in [6.45, 7) is 7.57. The van der Waals surface area contributed by atoms with Gasteiger partial charge in [0, 0.05) is 11.5 Å². The number of ether oxygens (including phenoxy) is 4. The molecule has 0 saturated carbocycles. The minimum Gasteiger partial charge on any atom is -0.455 e. The Labute approximate surface area is 178 Å². The molecule has 13 heteroatoms. The zero-order valence-electron chi connectivity index (χ0n) is 17.4. The zero-order chi connectivity index (χ0) is 24.6. The molecule has 3 aliphatic heterocycles. The van der Waals surface area contributed by atoms with Crippen LogP contribution in [0.4, 0.5) is 26.3 Å². The molecule has 0 radical (unpaired) electrons. The number of rotatable bonds is 6. The first-order valence-corrected chi connectivity index (χ1v) is 9.60. The van der Waals surface area contributed by atoms with Gasteiger partial charge in [-0.1, -0.05) is 6.58 Å². The molecule has 3 rings (SSSR count). The van der Waals surface area contributed by atoms with Gasteiger partial charge in [-0.2, -0.15) is 26.3 Å². The molecule has 7 atom stereocenters. The van der Waals surface area contributed by atoms with Crippen LogP contribution < -0.4 is 0 Å². The lowest BCUT2D eigenvalue weighted by atomic mass is 9.70. The second-order valence-electron chi connectivity index (χ2n) is 8.79. The maximum atomic E-state index is 13.2. The van der Waals surface area contributed by atoms with Crippen molar-refractivity contribution in [3.05, 3.63) is 12.2 Å². The largest absolute Gasteiger partial charge is 0.455 e. The molecule has 2 bridgehead atoms. The third-order valence-electron chi connectivity index (χ3n) is 6.23. The molecule has 1 N–H and O–H groups in total. The summed E-state index contributed by atoms with van der Waals surface area (Å²) in [6.07, 6.45) is -19.1. The molecule has 0 amide bonds. The van der Waals surface area contributed by atoms with Crippen molar-refractivity contribution in [2.24, 2.45) is 11.8 Å². The number of hydrogen-bond acceptors (Lipinski definition) is 7. The van der Waals surface area contributed by atoms with Crippen LogP contribution in [-0.4, -0.2) is 71.1 Å². The van der Waals surface area contributed by atoms with Crippen molar-refractivity contribution in [3.8, 4) is 0 Å². The monoisotopic (exact) mass is 476 g/mol. The van der Waals surface area contributed by atoms with Crippen molar-refractivity contribution >= 4 is 11.9 Å². The van der Waals surface area contributed by atoms with E-state index in [4.69, 9.17) is 18.9 Å². The van der Waals surface area contributed by atoms with Crippen LogP contribution in [0.5, 0.6) is 0 Å². The van der Waals surface area contributed by atoms with Crippen LogP contribution in [0, 0.1) is 11.8 Å². The fourth-order valence-corrected chi connectivity index (χ4v) is 4.75. The van der Waals surface area contributed by atoms with Crippen LogP contribution in [0.2, 0.25) is 0 Å². The number of esters is 2. The van der Waals surface area contributed by atoms with Crippen molar-refractivity contribution in [1.82, 2.24) is 0 Å². The van der Waals surface area contributed by atoms with E-state index in [1.807, 2.05) is 0 Å². The predicted molar refractivity (Wildman–Crippen MR) is 91.9 cm³/mol. The molecule has 0 spiro atoms. The van der Waals surface area contributed by atoms with E-state index in [0.717, 1.165) is 0 Å². The first kappa shape index (κ1) is 24.8. The van der Waals surface area contributed by atoms with Crippen molar-refractivity contribution in [1.29, 1.82) is 0 Å². The lowest BCUT2D eigenvalue weighted by Gasteiger charge is -2.44. The molecule has 32 heavy (non-hydrogen) atoms. The summed E-state index contributed by atoms with van der Waals surface area (Å²) in [6, 6.07) is 0. The fraction of sp³-hybridized carbons (Fsp3) is 0.789. The number of hydrogen-bond donors (Lipinski definition) is 1. The smallest absolute Gasteiger partial charge is 0.428 e. The molecular formula is C19H22F6O7. The van der Waals surface area contributed by atoms with Gasteiger partial charge < -0.3 is 24.1 Å². The highest BCUT2D eigenvalue weighted by Crippen LogP contribution is 2.56. The highest BCUT2D eigenvalue weighted by molar-refractivity contribution is 5.87. The van der Waals surface area contributed by atoms with Crippen molar-refractivity contribution in [3.63, 3.8) is 0 Å². The quantitative estimate of drug-likeness (QED) is 0.358. The highest BCUT2D eigenvalue weighted by Gasteiger charge is 2.76. The van der Waals surface area contributed by atoms with E-state index in [1.54, 1.807) is 0 Å².